The van der Waals surface area contributed by atoms with Crippen molar-refractivity contribution >= 4 is 23.2 Å². The van der Waals surface area contributed by atoms with Crippen molar-refractivity contribution in [3.05, 3.63) is 74.8 Å². The van der Waals surface area contributed by atoms with Crippen LogP contribution in [0.5, 0.6) is 0 Å². The van der Waals surface area contributed by atoms with Gasteiger partial charge in [0, 0.05) is 6.07 Å². The summed E-state index contributed by atoms with van der Waals surface area (Å²) in [5.74, 6) is -0.761. The van der Waals surface area contributed by atoms with Crippen LogP contribution < -0.4 is 5.48 Å². The molecule has 21 heavy (non-hydrogen) atoms. The van der Waals surface area contributed by atoms with E-state index in [1.807, 2.05) is 30.3 Å². The van der Waals surface area contributed by atoms with Gasteiger partial charge in [0.2, 0.25) is 0 Å². The van der Waals surface area contributed by atoms with Crippen LogP contribution in [-0.4, -0.2) is 10.8 Å². The first-order valence-electron chi connectivity index (χ1n) is 5.98. The van der Waals surface area contributed by atoms with Gasteiger partial charge in [0.15, 0.2) is 0 Å². The standard InChI is InChI=1S/C14H11ClN2O4/c15-11-7-4-8-12(17(19)20)13(11)14(18)16-21-9-10-5-2-1-3-6-10/h1-8H,9H2,(H,16,18). The fraction of sp³-hybridized carbons (Fsp3) is 0.0714. The van der Waals surface area contributed by atoms with Crippen molar-refractivity contribution in [2.45, 2.75) is 6.61 Å². The van der Waals surface area contributed by atoms with E-state index < -0.39 is 10.8 Å². The first kappa shape index (κ1) is 15.0. The second kappa shape index (κ2) is 6.83. The number of hydrogen-bond acceptors (Lipinski definition) is 4. The molecule has 0 bridgehead atoms. The molecule has 0 radical (unpaired) electrons. The summed E-state index contributed by atoms with van der Waals surface area (Å²) in [4.78, 5) is 27.2. The zero-order valence-corrected chi connectivity index (χ0v) is 11.5. The minimum atomic E-state index is -0.761. The summed E-state index contributed by atoms with van der Waals surface area (Å²) in [5, 5.41) is 10.9. The van der Waals surface area contributed by atoms with Crippen LogP contribution in [0.25, 0.3) is 0 Å². The molecule has 0 saturated carbocycles. The van der Waals surface area contributed by atoms with Crippen LogP contribution in [0.2, 0.25) is 5.02 Å². The zero-order valence-electron chi connectivity index (χ0n) is 10.8. The smallest absolute Gasteiger partial charge is 0.269 e. The molecule has 0 aliphatic rings. The number of carbonyl (C=O) groups is 1. The van der Waals surface area contributed by atoms with Gasteiger partial charge in [-0.15, -0.1) is 0 Å². The molecule has 108 valence electrons. The summed E-state index contributed by atoms with van der Waals surface area (Å²) >= 11 is 5.84. The van der Waals surface area contributed by atoms with Gasteiger partial charge < -0.3 is 0 Å². The average Bonchev–Trinajstić information content (AvgIpc) is 2.47. The van der Waals surface area contributed by atoms with E-state index in [-0.39, 0.29) is 22.9 Å². The molecule has 7 heteroatoms. The number of nitro groups is 1. The second-order valence-corrected chi connectivity index (χ2v) is 4.50. The van der Waals surface area contributed by atoms with Gasteiger partial charge in [-0.05, 0) is 11.6 Å². The Balaban J connectivity index is 2.06. The maximum Gasteiger partial charge on any atom is 0.283 e. The molecule has 0 spiro atoms. The van der Waals surface area contributed by atoms with Crippen molar-refractivity contribution in [1.82, 2.24) is 5.48 Å². The van der Waals surface area contributed by atoms with Crippen LogP contribution in [-0.2, 0) is 11.4 Å². The van der Waals surface area contributed by atoms with Gasteiger partial charge in [-0.2, -0.15) is 0 Å². The van der Waals surface area contributed by atoms with E-state index in [1.54, 1.807) is 0 Å². The van der Waals surface area contributed by atoms with Crippen molar-refractivity contribution in [3.63, 3.8) is 0 Å². The van der Waals surface area contributed by atoms with Crippen molar-refractivity contribution in [3.8, 4) is 0 Å². The Morgan fingerprint density at radius 3 is 2.57 bits per heavy atom. The summed E-state index contributed by atoms with van der Waals surface area (Å²) in [5.41, 5.74) is 2.41. The summed E-state index contributed by atoms with van der Waals surface area (Å²) in [6.07, 6.45) is 0. The molecule has 6 nitrogen and oxygen atoms in total. The Hall–Kier alpha value is -2.44. The fourth-order valence-corrected chi connectivity index (χ4v) is 1.96. The highest BCUT2D eigenvalue weighted by Crippen LogP contribution is 2.25. The average molecular weight is 307 g/mol. The van der Waals surface area contributed by atoms with Gasteiger partial charge in [0.25, 0.3) is 11.6 Å². The number of carbonyl (C=O) groups excluding carboxylic acids is 1. The SMILES string of the molecule is O=C(NOCc1ccccc1)c1c(Cl)cccc1[N+](=O)[O-]. The van der Waals surface area contributed by atoms with Crippen molar-refractivity contribution < 1.29 is 14.6 Å². The summed E-state index contributed by atoms with van der Waals surface area (Å²) in [6, 6.07) is 13.2. The lowest BCUT2D eigenvalue weighted by Crippen LogP contribution is -2.24. The molecule has 0 fully saturated rings. The van der Waals surface area contributed by atoms with E-state index in [0.29, 0.717) is 0 Å². The third-order valence-corrected chi connectivity index (χ3v) is 2.98. The number of benzene rings is 2. The van der Waals surface area contributed by atoms with Crippen LogP contribution in [0.1, 0.15) is 15.9 Å². The predicted molar refractivity (Wildman–Crippen MR) is 76.8 cm³/mol. The Bertz CT molecular complexity index is 661. The molecule has 0 atom stereocenters. The summed E-state index contributed by atoms with van der Waals surface area (Å²) in [6.45, 7) is 0.144. The summed E-state index contributed by atoms with van der Waals surface area (Å²) < 4.78 is 0. The molecule has 0 aliphatic carbocycles. The lowest BCUT2D eigenvalue weighted by atomic mass is 10.1. The molecular formula is C14H11ClN2O4. The highest BCUT2D eigenvalue weighted by atomic mass is 35.5. The lowest BCUT2D eigenvalue weighted by Gasteiger charge is -2.07. The molecule has 2 aromatic carbocycles. The molecular weight excluding hydrogens is 296 g/mol. The number of amides is 1. The first-order valence-corrected chi connectivity index (χ1v) is 6.36. The highest BCUT2D eigenvalue weighted by molar-refractivity contribution is 6.34. The predicted octanol–water partition coefficient (Wildman–Crippen LogP) is 3.11. The number of hydrogen-bond donors (Lipinski definition) is 1. The van der Waals surface area contributed by atoms with Crippen LogP contribution in [0.3, 0.4) is 0 Å². The van der Waals surface area contributed by atoms with Crippen LogP contribution in [0.4, 0.5) is 5.69 Å². The normalized spacial score (nSPS) is 10.1. The maximum atomic E-state index is 12.0. The van der Waals surface area contributed by atoms with Crippen LogP contribution in [0, 0.1) is 10.1 Å². The molecule has 1 N–H and O–H groups in total. The summed E-state index contributed by atoms with van der Waals surface area (Å²) in [7, 11) is 0. The minimum Gasteiger partial charge on any atom is -0.269 e. The van der Waals surface area contributed by atoms with E-state index in [1.165, 1.54) is 18.2 Å². The Morgan fingerprint density at radius 1 is 1.19 bits per heavy atom. The third kappa shape index (κ3) is 3.77. The first-order chi connectivity index (χ1) is 10.1. The number of hydroxylamine groups is 1. The van der Waals surface area contributed by atoms with Gasteiger partial charge in [0.05, 0.1) is 16.6 Å². The van der Waals surface area contributed by atoms with Crippen LogP contribution >= 0.6 is 11.6 Å². The Morgan fingerprint density at radius 2 is 1.90 bits per heavy atom. The fourth-order valence-electron chi connectivity index (χ4n) is 1.70. The zero-order chi connectivity index (χ0) is 15.2. The number of rotatable bonds is 5. The number of nitro benzene ring substituents is 1. The van der Waals surface area contributed by atoms with Gasteiger partial charge in [-0.1, -0.05) is 48.0 Å². The Kier molecular flexibility index (Phi) is 4.86. The van der Waals surface area contributed by atoms with E-state index in [4.69, 9.17) is 16.4 Å². The highest BCUT2D eigenvalue weighted by Gasteiger charge is 2.23. The van der Waals surface area contributed by atoms with Gasteiger partial charge in [-0.25, -0.2) is 5.48 Å². The van der Waals surface area contributed by atoms with E-state index in [0.717, 1.165) is 5.56 Å². The third-order valence-electron chi connectivity index (χ3n) is 2.66. The van der Waals surface area contributed by atoms with Crippen LogP contribution in [0.15, 0.2) is 48.5 Å². The van der Waals surface area contributed by atoms with E-state index in [9.17, 15) is 14.9 Å². The van der Waals surface area contributed by atoms with Crippen molar-refractivity contribution in [2.75, 3.05) is 0 Å². The monoisotopic (exact) mass is 306 g/mol. The second-order valence-electron chi connectivity index (χ2n) is 4.10. The molecule has 0 aliphatic heterocycles. The van der Waals surface area contributed by atoms with Crippen molar-refractivity contribution in [2.24, 2.45) is 0 Å². The van der Waals surface area contributed by atoms with Crippen molar-refractivity contribution in [1.29, 1.82) is 0 Å². The van der Waals surface area contributed by atoms with E-state index in [2.05, 4.69) is 5.48 Å². The maximum absolute atomic E-state index is 12.0. The quantitative estimate of drug-likeness (QED) is 0.679. The number of halogens is 1. The minimum absolute atomic E-state index is 0.00925. The topological polar surface area (TPSA) is 81.5 Å². The largest absolute Gasteiger partial charge is 0.283 e. The molecule has 0 saturated heterocycles. The van der Waals surface area contributed by atoms with E-state index >= 15 is 0 Å². The molecule has 0 unspecified atom stereocenters. The molecule has 2 aromatic rings. The lowest BCUT2D eigenvalue weighted by molar-refractivity contribution is -0.385. The number of nitrogens with one attached hydrogen (secondary N) is 1. The van der Waals surface area contributed by atoms with Gasteiger partial charge in [-0.3, -0.25) is 19.7 Å². The number of nitrogens with zero attached hydrogens (tertiary/aromatic N) is 1. The Labute approximate surface area is 125 Å². The molecule has 2 rings (SSSR count). The molecule has 0 heterocycles. The van der Waals surface area contributed by atoms with Gasteiger partial charge >= 0.3 is 0 Å². The van der Waals surface area contributed by atoms with Gasteiger partial charge in [0.1, 0.15) is 5.56 Å². The molecule has 1 amide bonds. The molecule has 0 aromatic heterocycles.